The van der Waals surface area contributed by atoms with Gasteiger partial charge in [0.25, 0.3) is 0 Å². The van der Waals surface area contributed by atoms with Gasteiger partial charge in [-0.2, -0.15) is 0 Å². The van der Waals surface area contributed by atoms with Gasteiger partial charge in [-0.3, -0.25) is 0 Å². The molecular weight excluding hydrogens is 246 g/mol. The molecule has 0 radical (unpaired) electrons. The van der Waals surface area contributed by atoms with Gasteiger partial charge < -0.3 is 10.1 Å². The monoisotopic (exact) mass is 277 g/mol. The van der Waals surface area contributed by atoms with Gasteiger partial charge in [-0.15, -0.1) is 0 Å². The minimum Gasteiger partial charge on any atom is -0.377 e. The van der Waals surface area contributed by atoms with Crippen molar-refractivity contribution < 1.29 is 4.74 Å². The predicted octanol–water partition coefficient (Wildman–Crippen LogP) is 4.39. The van der Waals surface area contributed by atoms with Gasteiger partial charge in [0.1, 0.15) is 0 Å². The molecule has 0 bridgehead atoms. The van der Waals surface area contributed by atoms with Crippen LogP contribution >= 0.6 is 0 Å². The van der Waals surface area contributed by atoms with Gasteiger partial charge in [0.2, 0.25) is 0 Å². The molecular formula is C18H31NO. The van der Waals surface area contributed by atoms with Crippen LogP contribution in [0.1, 0.15) is 51.7 Å². The zero-order valence-corrected chi connectivity index (χ0v) is 13.6. The SMILES string of the molecule is CC(C)CCCOCc1ccc(CNCC(C)C)cc1. The second-order valence-electron chi connectivity index (χ2n) is 6.43. The molecule has 2 heteroatoms. The summed E-state index contributed by atoms with van der Waals surface area (Å²) in [5, 5.41) is 3.46. The van der Waals surface area contributed by atoms with Gasteiger partial charge in [-0.05, 0) is 42.3 Å². The summed E-state index contributed by atoms with van der Waals surface area (Å²) in [6.07, 6.45) is 2.41. The van der Waals surface area contributed by atoms with Gasteiger partial charge in [0.05, 0.1) is 6.61 Å². The molecule has 0 spiro atoms. The molecule has 0 aliphatic rings. The summed E-state index contributed by atoms with van der Waals surface area (Å²) in [7, 11) is 0. The van der Waals surface area contributed by atoms with Crippen LogP contribution in [0.2, 0.25) is 0 Å². The maximum Gasteiger partial charge on any atom is 0.0716 e. The van der Waals surface area contributed by atoms with Crippen LogP contribution in [-0.2, 0) is 17.9 Å². The Balaban J connectivity index is 2.18. The van der Waals surface area contributed by atoms with Crippen LogP contribution in [0.3, 0.4) is 0 Å². The smallest absolute Gasteiger partial charge is 0.0716 e. The van der Waals surface area contributed by atoms with Crippen molar-refractivity contribution in [2.75, 3.05) is 13.2 Å². The van der Waals surface area contributed by atoms with Crippen molar-refractivity contribution in [3.8, 4) is 0 Å². The Morgan fingerprint density at radius 3 is 2.20 bits per heavy atom. The van der Waals surface area contributed by atoms with Crippen LogP contribution in [0.25, 0.3) is 0 Å². The van der Waals surface area contributed by atoms with Gasteiger partial charge in [0, 0.05) is 13.2 Å². The first kappa shape index (κ1) is 17.2. The molecule has 0 aliphatic carbocycles. The fourth-order valence-electron chi connectivity index (χ4n) is 2.04. The summed E-state index contributed by atoms with van der Waals surface area (Å²) in [6, 6.07) is 8.74. The van der Waals surface area contributed by atoms with Crippen molar-refractivity contribution in [3.63, 3.8) is 0 Å². The minimum atomic E-state index is 0.702. The van der Waals surface area contributed by atoms with Crippen molar-refractivity contribution in [1.82, 2.24) is 5.32 Å². The summed E-state index contributed by atoms with van der Waals surface area (Å²) in [5.74, 6) is 1.48. The lowest BCUT2D eigenvalue weighted by Gasteiger charge is -2.09. The standard InChI is InChI=1S/C18H31NO/c1-15(2)6-5-11-20-14-18-9-7-17(8-10-18)13-19-12-16(3)4/h7-10,15-16,19H,5-6,11-14H2,1-4H3. The van der Waals surface area contributed by atoms with Crippen molar-refractivity contribution in [1.29, 1.82) is 0 Å². The van der Waals surface area contributed by atoms with E-state index in [2.05, 4.69) is 57.3 Å². The number of rotatable bonds is 10. The Morgan fingerprint density at radius 1 is 0.950 bits per heavy atom. The number of nitrogens with one attached hydrogen (secondary N) is 1. The molecule has 0 aromatic heterocycles. The summed E-state index contributed by atoms with van der Waals surface area (Å²) in [6.45, 7) is 12.6. The molecule has 0 unspecified atom stereocenters. The number of ether oxygens (including phenoxy) is 1. The van der Waals surface area contributed by atoms with E-state index in [0.717, 1.165) is 38.6 Å². The summed E-state index contributed by atoms with van der Waals surface area (Å²) >= 11 is 0. The Morgan fingerprint density at radius 2 is 1.60 bits per heavy atom. The Kier molecular flexibility index (Phi) is 8.56. The highest BCUT2D eigenvalue weighted by atomic mass is 16.5. The second kappa shape index (κ2) is 9.95. The van der Waals surface area contributed by atoms with E-state index in [1.165, 1.54) is 17.5 Å². The van der Waals surface area contributed by atoms with Crippen LogP contribution in [0.4, 0.5) is 0 Å². The van der Waals surface area contributed by atoms with Crippen molar-refractivity contribution in [2.45, 2.75) is 53.7 Å². The van der Waals surface area contributed by atoms with Crippen LogP contribution < -0.4 is 5.32 Å². The van der Waals surface area contributed by atoms with E-state index in [1.54, 1.807) is 0 Å². The third-order valence-electron chi connectivity index (χ3n) is 3.24. The maximum atomic E-state index is 5.71. The van der Waals surface area contributed by atoms with E-state index < -0.39 is 0 Å². The largest absolute Gasteiger partial charge is 0.377 e. The molecule has 2 nitrogen and oxygen atoms in total. The van der Waals surface area contributed by atoms with E-state index in [4.69, 9.17) is 4.74 Å². The molecule has 114 valence electrons. The molecule has 0 saturated heterocycles. The van der Waals surface area contributed by atoms with Gasteiger partial charge >= 0.3 is 0 Å². The molecule has 0 amide bonds. The van der Waals surface area contributed by atoms with Crippen molar-refractivity contribution in [2.24, 2.45) is 11.8 Å². The second-order valence-corrected chi connectivity index (χ2v) is 6.43. The van der Waals surface area contributed by atoms with Gasteiger partial charge in [0.15, 0.2) is 0 Å². The number of hydrogen-bond donors (Lipinski definition) is 1. The van der Waals surface area contributed by atoms with Gasteiger partial charge in [-0.25, -0.2) is 0 Å². The predicted molar refractivity (Wildman–Crippen MR) is 86.7 cm³/mol. The average molecular weight is 277 g/mol. The molecule has 0 heterocycles. The lowest BCUT2D eigenvalue weighted by molar-refractivity contribution is 0.115. The quantitative estimate of drug-likeness (QED) is 0.641. The highest BCUT2D eigenvalue weighted by Gasteiger charge is 1.98. The Bertz CT molecular complexity index is 343. The number of hydrogen-bond acceptors (Lipinski definition) is 2. The van der Waals surface area contributed by atoms with E-state index in [0.29, 0.717) is 5.92 Å². The molecule has 20 heavy (non-hydrogen) atoms. The van der Waals surface area contributed by atoms with Crippen molar-refractivity contribution in [3.05, 3.63) is 35.4 Å². The lowest BCUT2D eigenvalue weighted by atomic mass is 10.1. The van der Waals surface area contributed by atoms with E-state index in [9.17, 15) is 0 Å². The first-order chi connectivity index (χ1) is 9.58. The summed E-state index contributed by atoms with van der Waals surface area (Å²) < 4.78 is 5.71. The third-order valence-corrected chi connectivity index (χ3v) is 3.24. The average Bonchev–Trinajstić information content (AvgIpc) is 2.39. The normalized spacial score (nSPS) is 11.5. The first-order valence-electron chi connectivity index (χ1n) is 7.94. The molecule has 1 N–H and O–H groups in total. The summed E-state index contributed by atoms with van der Waals surface area (Å²) in [5.41, 5.74) is 2.61. The fourth-order valence-corrected chi connectivity index (χ4v) is 2.04. The molecule has 0 saturated carbocycles. The maximum absolute atomic E-state index is 5.71. The van der Waals surface area contributed by atoms with Crippen molar-refractivity contribution >= 4 is 0 Å². The Hall–Kier alpha value is -0.860. The van der Waals surface area contributed by atoms with Crippen LogP contribution in [-0.4, -0.2) is 13.2 Å². The molecule has 0 aliphatic heterocycles. The molecule has 1 rings (SSSR count). The van der Waals surface area contributed by atoms with Crippen LogP contribution in [0.5, 0.6) is 0 Å². The molecule has 1 aromatic rings. The van der Waals surface area contributed by atoms with Crippen LogP contribution in [0, 0.1) is 11.8 Å². The minimum absolute atomic E-state index is 0.702. The van der Waals surface area contributed by atoms with Crippen LogP contribution in [0.15, 0.2) is 24.3 Å². The third kappa shape index (κ3) is 8.34. The van der Waals surface area contributed by atoms with Gasteiger partial charge in [-0.1, -0.05) is 52.0 Å². The summed E-state index contributed by atoms with van der Waals surface area (Å²) in [4.78, 5) is 0. The zero-order valence-electron chi connectivity index (χ0n) is 13.6. The number of benzene rings is 1. The Labute approximate surface area is 124 Å². The topological polar surface area (TPSA) is 21.3 Å². The van der Waals surface area contributed by atoms with E-state index >= 15 is 0 Å². The molecule has 1 aromatic carbocycles. The van der Waals surface area contributed by atoms with E-state index in [1.807, 2.05) is 0 Å². The highest BCUT2D eigenvalue weighted by Crippen LogP contribution is 2.08. The lowest BCUT2D eigenvalue weighted by Crippen LogP contribution is -2.18. The molecule has 0 atom stereocenters. The molecule has 0 fully saturated rings. The first-order valence-corrected chi connectivity index (χ1v) is 7.94. The zero-order chi connectivity index (χ0) is 14.8. The fraction of sp³-hybridized carbons (Fsp3) is 0.667. The van der Waals surface area contributed by atoms with E-state index in [-0.39, 0.29) is 0 Å². The highest BCUT2D eigenvalue weighted by molar-refractivity contribution is 5.21.